The van der Waals surface area contributed by atoms with Gasteiger partial charge < -0.3 is 15.2 Å². The number of aryl methyl sites for hydroxylation is 1. The molecule has 0 radical (unpaired) electrons. The smallest absolute Gasteiger partial charge is 0.319 e. The van der Waals surface area contributed by atoms with E-state index in [1.54, 1.807) is 25.1 Å². The first-order valence-corrected chi connectivity index (χ1v) is 7.67. The number of nitrogens with one attached hydrogen (secondary N) is 2. The predicted molar refractivity (Wildman–Crippen MR) is 84.6 cm³/mol. The zero-order valence-corrected chi connectivity index (χ0v) is 13.0. The van der Waals surface area contributed by atoms with Gasteiger partial charge in [0.15, 0.2) is 5.82 Å². The molecule has 2 amide bonds. The Morgan fingerprint density at radius 2 is 2.09 bits per heavy atom. The number of benzene rings is 1. The highest BCUT2D eigenvalue weighted by molar-refractivity contribution is 7.14. The summed E-state index contributed by atoms with van der Waals surface area (Å²) in [7, 11) is 0. The highest BCUT2D eigenvalue weighted by atomic mass is 32.1. The van der Waals surface area contributed by atoms with Crippen molar-refractivity contribution >= 4 is 23.1 Å². The van der Waals surface area contributed by atoms with E-state index in [1.165, 1.54) is 23.5 Å². The third-order valence-electron chi connectivity index (χ3n) is 3.00. The van der Waals surface area contributed by atoms with Gasteiger partial charge in [0.2, 0.25) is 0 Å². The molecule has 3 aromatic rings. The van der Waals surface area contributed by atoms with Crippen LogP contribution in [0.4, 0.5) is 14.9 Å². The standard InChI is InChI=1S/C15H13FN4O2S/c1-9-18-14(22-20-9)13-12(6-7-23-13)19-15(21)17-8-10-2-4-11(16)5-3-10/h2-7H,8H2,1H3,(H2,17,19,21). The van der Waals surface area contributed by atoms with E-state index in [1.807, 2.05) is 5.38 Å². The zero-order chi connectivity index (χ0) is 16.2. The number of urea groups is 1. The van der Waals surface area contributed by atoms with Crippen LogP contribution in [0.2, 0.25) is 0 Å². The molecule has 0 aliphatic heterocycles. The quantitative estimate of drug-likeness (QED) is 0.765. The fraction of sp³-hybridized carbons (Fsp3) is 0.133. The third kappa shape index (κ3) is 3.72. The molecule has 2 N–H and O–H groups in total. The van der Waals surface area contributed by atoms with Gasteiger partial charge in [0.1, 0.15) is 10.7 Å². The molecule has 118 valence electrons. The Morgan fingerprint density at radius 3 is 2.78 bits per heavy atom. The minimum absolute atomic E-state index is 0.297. The predicted octanol–water partition coefficient (Wildman–Crippen LogP) is 3.57. The molecule has 0 atom stereocenters. The topological polar surface area (TPSA) is 80.0 Å². The lowest BCUT2D eigenvalue weighted by Gasteiger charge is -2.07. The number of anilines is 1. The number of amides is 2. The Morgan fingerprint density at radius 1 is 1.30 bits per heavy atom. The number of rotatable bonds is 4. The van der Waals surface area contributed by atoms with E-state index in [9.17, 15) is 9.18 Å². The van der Waals surface area contributed by atoms with Crippen LogP contribution in [-0.2, 0) is 6.54 Å². The number of carbonyl (C=O) groups excluding carboxylic acids is 1. The Balaban J connectivity index is 1.62. The van der Waals surface area contributed by atoms with Crippen LogP contribution in [0.3, 0.4) is 0 Å². The van der Waals surface area contributed by atoms with E-state index in [0.29, 0.717) is 28.8 Å². The van der Waals surface area contributed by atoms with Crippen molar-refractivity contribution in [2.75, 3.05) is 5.32 Å². The maximum absolute atomic E-state index is 12.8. The number of aromatic nitrogens is 2. The molecule has 0 aliphatic carbocycles. The summed E-state index contributed by atoms with van der Waals surface area (Å²) in [4.78, 5) is 16.8. The molecule has 8 heteroatoms. The summed E-state index contributed by atoms with van der Waals surface area (Å²) in [6, 6.07) is 7.33. The molecule has 0 spiro atoms. The van der Waals surface area contributed by atoms with Gasteiger partial charge in [0.05, 0.1) is 5.69 Å². The summed E-state index contributed by atoms with van der Waals surface area (Å²) in [5, 5.41) is 11.0. The average molecular weight is 332 g/mol. The first-order valence-electron chi connectivity index (χ1n) is 6.79. The fourth-order valence-corrected chi connectivity index (χ4v) is 2.68. The molecule has 23 heavy (non-hydrogen) atoms. The number of carbonyl (C=O) groups is 1. The van der Waals surface area contributed by atoms with Crippen LogP contribution in [-0.4, -0.2) is 16.2 Å². The lowest BCUT2D eigenvalue weighted by Crippen LogP contribution is -2.28. The van der Waals surface area contributed by atoms with Crippen LogP contribution in [0.5, 0.6) is 0 Å². The minimum atomic E-state index is -0.370. The van der Waals surface area contributed by atoms with Gasteiger partial charge >= 0.3 is 6.03 Å². The summed E-state index contributed by atoms with van der Waals surface area (Å²) in [6.45, 7) is 2.02. The maximum atomic E-state index is 12.8. The molecule has 0 saturated carbocycles. The average Bonchev–Trinajstić information content (AvgIpc) is 3.15. The number of hydrogen-bond donors (Lipinski definition) is 2. The highest BCUT2D eigenvalue weighted by Gasteiger charge is 2.15. The molecule has 0 bridgehead atoms. The molecule has 2 aromatic heterocycles. The highest BCUT2D eigenvalue weighted by Crippen LogP contribution is 2.32. The van der Waals surface area contributed by atoms with Crippen molar-refractivity contribution in [2.24, 2.45) is 0 Å². The van der Waals surface area contributed by atoms with Crippen molar-refractivity contribution < 1.29 is 13.7 Å². The van der Waals surface area contributed by atoms with Crippen LogP contribution >= 0.6 is 11.3 Å². The molecule has 0 saturated heterocycles. The molecule has 3 rings (SSSR count). The van der Waals surface area contributed by atoms with Crippen molar-refractivity contribution in [3.8, 4) is 10.8 Å². The number of halogens is 1. The van der Waals surface area contributed by atoms with Gasteiger partial charge in [-0.2, -0.15) is 4.98 Å². The lowest BCUT2D eigenvalue weighted by atomic mass is 10.2. The molecular formula is C15H13FN4O2S. The Kier molecular flexibility index (Phi) is 4.33. The molecule has 0 fully saturated rings. The van der Waals surface area contributed by atoms with Gasteiger partial charge in [-0.3, -0.25) is 0 Å². The van der Waals surface area contributed by atoms with Crippen LogP contribution in [0.25, 0.3) is 10.8 Å². The second-order valence-electron chi connectivity index (χ2n) is 4.74. The van der Waals surface area contributed by atoms with E-state index < -0.39 is 0 Å². The lowest BCUT2D eigenvalue weighted by molar-refractivity contribution is 0.252. The molecule has 0 unspecified atom stereocenters. The Bertz CT molecular complexity index is 813. The number of thiophene rings is 1. The number of nitrogens with zero attached hydrogens (tertiary/aromatic N) is 2. The van der Waals surface area contributed by atoms with Crippen molar-refractivity contribution in [1.82, 2.24) is 15.5 Å². The summed E-state index contributed by atoms with van der Waals surface area (Å²) in [6.07, 6.45) is 0. The van der Waals surface area contributed by atoms with Gasteiger partial charge in [0.25, 0.3) is 5.89 Å². The first kappa shape index (κ1) is 15.2. The largest absolute Gasteiger partial charge is 0.334 e. The normalized spacial score (nSPS) is 10.5. The van der Waals surface area contributed by atoms with E-state index in [2.05, 4.69) is 20.8 Å². The van der Waals surface area contributed by atoms with Gasteiger partial charge in [-0.15, -0.1) is 11.3 Å². The zero-order valence-electron chi connectivity index (χ0n) is 12.2. The second-order valence-corrected chi connectivity index (χ2v) is 5.66. The Labute approximate surface area is 135 Å². The van der Waals surface area contributed by atoms with E-state index in [-0.39, 0.29) is 11.8 Å². The minimum Gasteiger partial charge on any atom is -0.334 e. The molecule has 2 heterocycles. The first-order chi connectivity index (χ1) is 11.1. The second kappa shape index (κ2) is 6.57. The molecule has 6 nitrogen and oxygen atoms in total. The summed E-state index contributed by atoms with van der Waals surface area (Å²) in [5.74, 6) is 0.586. The van der Waals surface area contributed by atoms with Crippen molar-refractivity contribution in [3.05, 3.63) is 52.9 Å². The van der Waals surface area contributed by atoms with Gasteiger partial charge in [0, 0.05) is 6.54 Å². The SMILES string of the molecule is Cc1noc(-c2sccc2NC(=O)NCc2ccc(F)cc2)n1. The van der Waals surface area contributed by atoms with Gasteiger partial charge in [-0.05, 0) is 36.1 Å². The Hall–Kier alpha value is -2.74. The van der Waals surface area contributed by atoms with Crippen molar-refractivity contribution in [3.63, 3.8) is 0 Å². The summed E-state index contributed by atoms with van der Waals surface area (Å²) in [5.41, 5.74) is 1.40. The van der Waals surface area contributed by atoms with Crippen LogP contribution in [0.15, 0.2) is 40.2 Å². The van der Waals surface area contributed by atoms with Crippen molar-refractivity contribution in [2.45, 2.75) is 13.5 Å². The molecular weight excluding hydrogens is 319 g/mol. The van der Waals surface area contributed by atoms with Crippen molar-refractivity contribution in [1.29, 1.82) is 0 Å². The van der Waals surface area contributed by atoms with Gasteiger partial charge in [-0.25, -0.2) is 9.18 Å². The monoisotopic (exact) mass is 332 g/mol. The summed E-state index contributed by atoms with van der Waals surface area (Å²) >= 11 is 1.39. The summed E-state index contributed by atoms with van der Waals surface area (Å²) < 4.78 is 17.9. The van der Waals surface area contributed by atoms with E-state index in [0.717, 1.165) is 5.56 Å². The fourth-order valence-electron chi connectivity index (χ4n) is 1.91. The van der Waals surface area contributed by atoms with Crippen LogP contribution in [0.1, 0.15) is 11.4 Å². The number of hydrogen-bond acceptors (Lipinski definition) is 5. The third-order valence-corrected chi connectivity index (χ3v) is 3.90. The molecule has 1 aromatic carbocycles. The van der Waals surface area contributed by atoms with Crippen LogP contribution in [0, 0.1) is 12.7 Å². The molecule has 0 aliphatic rings. The maximum Gasteiger partial charge on any atom is 0.319 e. The van der Waals surface area contributed by atoms with E-state index in [4.69, 9.17) is 4.52 Å². The van der Waals surface area contributed by atoms with Gasteiger partial charge in [-0.1, -0.05) is 17.3 Å². The van der Waals surface area contributed by atoms with E-state index >= 15 is 0 Å². The van der Waals surface area contributed by atoms with Crippen LogP contribution < -0.4 is 10.6 Å².